The van der Waals surface area contributed by atoms with Crippen LogP contribution in [-0.2, 0) is 11.2 Å². The molecule has 0 radical (unpaired) electrons. The van der Waals surface area contributed by atoms with Gasteiger partial charge in [-0.2, -0.15) is 0 Å². The second kappa shape index (κ2) is 8.53. The Morgan fingerprint density at radius 1 is 1.28 bits per heavy atom. The molecule has 0 amide bonds. The van der Waals surface area contributed by atoms with Crippen molar-refractivity contribution in [3.63, 3.8) is 0 Å². The summed E-state index contributed by atoms with van der Waals surface area (Å²) in [7, 11) is 0. The van der Waals surface area contributed by atoms with Crippen LogP contribution in [0.25, 0.3) is 0 Å². The van der Waals surface area contributed by atoms with Crippen molar-refractivity contribution in [1.29, 1.82) is 0 Å². The molecular weight excluding hydrogens is 306 g/mol. The third kappa shape index (κ3) is 6.39. The molecule has 0 aliphatic heterocycles. The molecule has 1 atom stereocenters. The molecule has 3 nitrogen and oxygen atoms in total. The van der Waals surface area contributed by atoms with E-state index in [4.69, 9.17) is 10.6 Å². The highest BCUT2D eigenvalue weighted by Crippen LogP contribution is 2.12. The number of rotatable bonds is 8. The van der Waals surface area contributed by atoms with E-state index in [9.17, 15) is 8.78 Å². The molecule has 18 heavy (non-hydrogen) atoms. The summed E-state index contributed by atoms with van der Waals surface area (Å²) in [6, 6.07) is 7.92. The minimum atomic E-state index is -2.42. The summed E-state index contributed by atoms with van der Waals surface area (Å²) in [6.07, 6.45) is -1.08. The van der Waals surface area contributed by atoms with E-state index in [-0.39, 0.29) is 12.6 Å². The van der Waals surface area contributed by atoms with Crippen molar-refractivity contribution in [1.82, 2.24) is 5.43 Å². The lowest BCUT2D eigenvalue weighted by molar-refractivity contribution is 0.0144. The summed E-state index contributed by atoms with van der Waals surface area (Å²) in [5.74, 6) is 5.43. The standard InChI is InChI=1S/C12H17BrF2N2O/c13-10-3-1-9(2-4-10)7-11(17-16)5-6-18-8-12(14)15/h1-4,11-12,17H,5-8,16H2. The number of hydrogen-bond donors (Lipinski definition) is 2. The van der Waals surface area contributed by atoms with E-state index < -0.39 is 13.0 Å². The minimum absolute atomic E-state index is 0.0175. The average Bonchev–Trinajstić information content (AvgIpc) is 2.35. The number of halogens is 3. The Morgan fingerprint density at radius 2 is 1.94 bits per heavy atom. The van der Waals surface area contributed by atoms with Crippen LogP contribution >= 0.6 is 15.9 Å². The Bertz CT molecular complexity index is 335. The van der Waals surface area contributed by atoms with Gasteiger partial charge in [-0.15, -0.1) is 0 Å². The first-order valence-electron chi connectivity index (χ1n) is 5.68. The van der Waals surface area contributed by atoms with Gasteiger partial charge in [0.05, 0.1) is 0 Å². The number of hydrogen-bond acceptors (Lipinski definition) is 3. The van der Waals surface area contributed by atoms with Gasteiger partial charge in [0.1, 0.15) is 6.61 Å². The van der Waals surface area contributed by atoms with E-state index in [1.807, 2.05) is 24.3 Å². The lowest BCUT2D eigenvalue weighted by atomic mass is 10.0. The van der Waals surface area contributed by atoms with E-state index in [1.54, 1.807) is 0 Å². The summed E-state index contributed by atoms with van der Waals surface area (Å²) in [4.78, 5) is 0. The van der Waals surface area contributed by atoms with Gasteiger partial charge in [-0.1, -0.05) is 28.1 Å². The van der Waals surface area contributed by atoms with Gasteiger partial charge in [-0.25, -0.2) is 8.78 Å². The zero-order valence-electron chi connectivity index (χ0n) is 9.91. The maximum atomic E-state index is 11.9. The predicted octanol–water partition coefficient (Wildman–Crippen LogP) is 2.50. The van der Waals surface area contributed by atoms with Crippen LogP contribution in [0.2, 0.25) is 0 Å². The monoisotopic (exact) mass is 322 g/mol. The molecule has 102 valence electrons. The molecule has 3 N–H and O–H groups in total. The Hall–Kier alpha value is -0.560. The molecule has 0 saturated heterocycles. The molecule has 0 aliphatic rings. The fourth-order valence-electron chi connectivity index (χ4n) is 1.55. The second-order valence-electron chi connectivity index (χ2n) is 3.95. The quantitative estimate of drug-likeness (QED) is 0.439. The van der Waals surface area contributed by atoms with E-state index in [0.29, 0.717) is 6.42 Å². The highest BCUT2D eigenvalue weighted by molar-refractivity contribution is 9.10. The molecule has 0 heterocycles. The fraction of sp³-hybridized carbons (Fsp3) is 0.500. The van der Waals surface area contributed by atoms with Crippen molar-refractivity contribution in [2.75, 3.05) is 13.2 Å². The maximum absolute atomic E-state index is 11.9. The first kappa shape index (κ1) is 15.5. The van der Waals surface area contributed by atoms with Crippen LogP contribution in [0, 0.1) is 0 Å². The van der Waals surface area contributed by atoms with Crippen molar-refractivity contribution < 1.29 is 13.5 Å². The average molecular weight is 323 g/mol. The number of nitrogens with one attached hydrogen (secondary N) is 1. The van der Waals surface area contributed by atoms with E-state index >= 15 is 0 Å². The summed E-state index contributed by atoms with van der Waals surface area (Å²) in [5.41, 5.74) is 3.81. The van der Waals surface area contributed by atoms with Crippen LogP contribution in [0.5, 0.6) is 0 Å². The molecule has 0 spiro atoms. The van der Waals surface area contributed by atoms with Gasteiger partial charge in [-0.3, -0.25) is 11.3 Å². The maximum Gasteiger partial charge on any atom is 0.261 e. The Balaban J connectivity index is 2.30. The normalized spacial score (nSPS) is 12.9. The Morgan fingerprint density at radius 3 is 2.50 bits per heavy atom. The first-order valence-corrected chi connectivity index (χ1v) is 6.47. The summed E-state index contributed by atoms with van der Waals surface area (Å²) in [6.45, 7) is -0.245. The van der Waals surface area contributed by atoms with Crippen LogP contribution in [0.15, 0.2) is 28.7 Å². The van der Waals surface area contributed by atoms with Crippen molar-refractivity contribution in [3.8, 4) is 0 Å². The number of alkyl halides is 2. The van der Waals surface area contributed by atoms with Crippen LogP contribution < -0.4 is 11.3 Å². The molecule has 6 heteroatoms. The summed E-state index contributed by atoms with van der Waals surface area (Å²) >= 11 is 3.36. The highest BCUT2D eigenvalue weighted by atomic mass is 79.9. The van der Waals surface area contributed by atoms with Crippen molar-refractivity contribution in [2.45, 2.75) is 25.3 Å². The van der Waals surface area contributed by atoms with Gasteiger partial charge in [0.2, 0.25) is 0 Å². The molecule has 0 aromatic heterocycles. The van der Waals surface area contributed by atoms with Crippen LogP contribution in [0.3, 0.4) is 0 Å². The molecule has 1 rings (SSSR count). The zero-order valence-corrected chi connectivity index (χ0v) is 11.5. The SMILES string of the molecule is NNC(CCOCC(F)F)Cc1ccc(Br)cc1. The van der Waals surface area contributed by atoms with Crippen molar-refractivity contribution in [2.24, 2.45) is 5.84 Å². The number of ether oxygens (including phenoxy) is 1. The van der Waals surface area contributed by atoms with Crippen molar-refractivity contribution in [3.05, 3.63) is 34.3 Å². The molecule has 0 aliphatic carbocycles. The molecule has 1 unspecified atom stereocenters. The number of nitrogens with two attached hydrogens (primary N) is 1. The van der Waals surface area contributed by atoms with Gasteiger partial charge in [-0.05, 0) is 30.5 Å². The van der Waals surface area contributed by atoms with Crippen LogP contribution in [0.4, 0.5) is 8.78 Å². The van der Waals surface area contributed by atoms with E-state index in [0.717, 1.165) is 16.5 Å². The zero-order chi connectivity index (χ0) is 13.4. The van der Waals surface area contributed by atoms with Gasteiger partial charge in [0.25, 0.3) is 6.43 Å². The molecular formula is C12H17BrF2N2O. The minimum Gasteiger partial charge on any atom is -0.375 e. The smallest absolute Gasteiger partial charge is 0.261 e. The van der Waals surface area contributed by atoms with Crippen LogP contribution in [0.1, 0.15) is 12.0 Å². The van der Waals surface area contributed by atoms with Crippen LogP contribution in [-0.4, -0.2) is 25.7 Å². The second-order valence-corrected chi connectivity index (χ2v) is 4.86. The molecule has 0 saturated carbocycles. The van der Waals surface area contributed by atoms with Gasteiger partial charge in [0.15, 0.2) is 0 Å². The largest absolute Gasteiger partial charge is 0.375 e. The molecule has 0 bridgehead atoms. The van der Waals surface area contributed by atoms with Gasteiger partial charge < -0.3 is 4.74 Å². The van der Waals surface area contributed by atoms with Gasteiger partial charge in [0, 0.05) is 17.1 Å². The highest BCUT2D eigenvalue weighted by Gasteiger charge is 2.09. The first-order chi connectivity index (χ1) is 8.61. The third-order valence-electron chi connectivity index (χ3n) is 2.49. The molecule has 0 fully saturated rings. The lowest BCUT2D eigenvalue weighted by Crippen LogP contribution is -2.37. The number of benzene rings is 1. The molecule has 1 aromatic carbocycles. The van der Waals surface area contributed by atoms with Crippen molar-refractivity contribution >= 4 is 15.9 Å². The molecule has 1 aromatic rings. The lowest BCUT2D eigenvalue weighted by Gasteiger charge is -2.16. The topological polar surface area (TPSA) is 47.3 Å². The van der Waals surface area contributed by atoms with E-state index in [1.165, 1.54) is 0 Å². The third-order valence-corrected chi connectivity index (χ3v) is 3.01. The van der Waals surface area contributed by atoms with E-state index in [2.05, 4.69) is 21.4 Å². The van der Waals surface area contributed by atoms with Gasteiger partial charge >= 0.3 is 0 Å². The summed E-state index contributed by atoms with van der Waals surface area (Å²) in [5, 5.41) is 0. The number of hydrazine groups is 1. The Labute approximate surface area is 114 Å². The Kier molecular flexibility index (Phi) is 7.34. The summed E-state index contributed by atoms with van der Waals surface area (Å²) < 4.78 is 29.6. The fourth-order valence-corrected chi connectivity index (χ4v) is 1.81. The predicted molar refractivity (Wildman–Crippen MR) is 70.4 cm³/mol.